The number of aryl methyl sites for hydroxylation is 2. The van der Waals surface area contributed by atoms with E-state index in [1.807, 2.05) is 31.0 Å². The highest BCUT2D eigenvalue weighted by Crippen LogP contribution is 2.24. The highest BCUT2D eigenvalue weighted by Gasteiger charge is 2.28. The Hall–Kier alpha value is -2.63. The second-order valence-electron chi connectivity index (χ2n) is 7.78. The summed E-state index contributed by atoms with van der Waals surface area (Å²) < 4.78 is 3.31. The maximum absolute atomic E-state index is 13.1. The average molecular weight is 352 g/mol. The molecule has 0 aliphatic carbocycles. The fourth-order valence-electron chi connectivity index (χ4n) is 4.23. The highest BCUT2D eigenvalue weighted by molar-refractivity contribution is 5.98. The fraction of sp³-hybridized carbons (Fsp3) is 0.450. The van der Waals surface area contributed by atoms with Crippen LogP contribution in [0.5, 0.6) is 0 Å². The van der Waals surface area contributed by atoms with Crippen molar-refractivity contribution in [3.8, 4) is 0 Å². The van der Waals surface area contributed by atoms with Gasteiger partial charge in [-0.05, 0) is 42.9 Å². The Morgan fingerprint density at radius 2 is 1.88 bits per heavy atom. The van der Waals surface area contributed by atoms with E-state index in [1.54, 1.807) is 21.2 Å². The summed E-state index contributed by atoms with van der Waals surface area (Å²) in [7, 11) is 1.81. The summed E-state index contributed by atoms with van der Waals surface area (Å²) >= 11 is 0. The molecule has 2 atom stereocenters. The van der Waals surface area contributed by atoms with Gasteiger partial charge in [0, 0.05) is 26.3 Å². The molecule has 1 aliphatic heterocycles. The van der Waals surface area contributed by atoms with Gasteiger partial charge in [0.25, 0.3) is 11.5 Å². The van der Waals surface area contributed by atoms with Gasteiger partial charge < -0.3 is 9.47 Å². The van der Waals surface area contributed by atoms with Crippen molar-refractivity contribution >= 4 is 22.6 Å². The van der Waals surface area contributed by atoms with Gasteiger partial charge in [0.2, 0.25) is 0 Å². The van der Waals surface area contributed by atoms with Gasteiger partial charge in [-0.3, -0.25) is 14.0 Å². The Morgan fingerprint density at radius 1 is 1.19 bits per heavy atom. The van der Waals surface area contributed by atoms with Crippen LogP contribution in [0, 0.1) is 18.8 Å². The Bertz CT molecular complexity index is 1070. The molecule has 1 fully saturated rings. The van der Waals surface area contributed by atoms with Gasteiger partial charge in [-0.15, -0.1) is 0 Å². The van der Waals surface area contributed by atoms with Crippen LogP contribution in [0.15, 0.2) is 29.2 Å². The molecule has 6 heteroatoms. The predicted molar refractivity (Wildman–Crippen MR) is 102 cm³/mol. The molecule has 3 aromatic rings. The minimum atomic E-state index is -0.135. The molecule has 0 bridgehead atoms. The van der Waals surface area contributed by atoms with Crippen LogP contribution in [0.2, 0.25) is 0 Å². The van der Waals surface area contributed by atoms with Gasteiger partial charge in [-0.2, -0.15) is 0 Å². The molecule has 4 rings (SSSR count). The lowest BCUT2D eigenvalue weighted by atomic mass is 9.92. The molecule has 6 nitrogen and oxygen atoms in total. The Kier molecular flexibility index (Phi) is 3.86. The zero-order chi connectivity index (χ0) is 18.6. The van der Waals surface area contributed by atoms with Crippen molar-refractivity contribution in [2.75, 3.05) is 13.1 Å². The summed E-state index contributed by atoms with van der Waals surface area (Å²) in [6.45, 7) is 7.82. The maximum Gasteiger partial charge on any atom is 0.270 e. The fourth-order valence-corrected chi connectivity index (χ4v) is 4.23. The molecule has 0 spiro atoms. The van der Waals surface area contributed by atoms with Crippen LogP contribution in [-0.2, 0) is 7.05 Å². The van der Waals surface area contributed by atoms with Crippen molar-refractivity contribution in [3.63, 3.8) is 0 Å². The number of rotatable bonds is 1. The Morgan fingerprint density at radius 3 is 2.58 bits per heavy atom. The monoisotopic (exact) mass is 352 g/mol. The largest absolute Gasteiger partial charge is 0.337 e. The summed E-state index contributed by atoms with van der Waals surface area (Å²) in [6, 6.07) is 5.47. The highest BCUT2D eigenvalue weighted by atomic mass is 16.2. The first kappa shape index (κ1) is 16.8. The Labute approximate surface area is 152 Å². The molecule has 4 heterocycles. The second kappa shape index (κ2) is 5.97. The van der Waals surface area contributed by atoms with E-state index in [0.717, 1.165) is 25.1 Å². The molecule has 1 aliphatic rings. The molecule has 136 valence electrons. The Balaban J connectivity index is 1.87. The van der Waals surface area contributed by atoms with E-state index in [4.69, 9.17) is 0 Å². The lowest BCUT2D eigenvalue weighted by Gasteiger charge is -2.35. The average Bonchev–Trinajstić information content (AvgIpc) is 2.92. The quantitative estimate of drug-likeness (QED) is 0.676. The van der Waals surface area contributed by atoms with Gasteiger partial charge in [-0.1, -0.05) is 19.9 Å². The lowest BCUT2D eigenvalue weighted by Crippen LogP contribution is -2.43. The first-order valence-electron chi connectivity index (χ1n) is 9.13. The number of nitrogens with zero attached hydrogens (tertiary/aromatic N) is 4. The molecule has 0 unspecified atom stereocenters. The van der Waals surface area contributed by atoms with E-state index in [0.29, 0.717) is 34.2 Å². The van der Waals surface area contributed by atoms with E-state index in [-0.39, 0.29) is 11.5 Å². The number of amides is 1. The molecular formula is C20H24N4O2. The number of likely N-dealkylation sites (tertiary alicyclic amines) is 1. The van der Waals surface area contributed by atoms with Crippen LogP contribution in [0.4, 0.5) is 0 Å². The molecular weight excluding hydrogens is 328 g/mol. The SMILES string of the molecule is Cc1cccn2c(=O)c3cc(C(=O)N4C[C@H](C)C[C@@H](C)C4)n(C)c3nc12. The minimum Gasteiger partial charge on any atom is -0.337 e. The van der Waals surface area contributed by atoms with E-state index < -0.39 is 0 Å². The third-order valence-electron chi connectivity index (χ3n) is 5.40. The van der Waals surface area contributed by atoms with Gasteiger partial charge in [0.15, 0.2) is 0 Å². The summed E-state index contributed by atoms with van der Waals surface area (Å²) in [5.41, 5.74) is 2.51. The van der Waals surface area contributed by atoms with Crippen molar-refractivity contribution < 1.29 is 4.79 Å². The van der Waals surface area contributed by atoms with E-state index >= 15 is 0 Å². The topological polar surface area (TPSA) is 59.6 Å². The van der Waals surface area contributed by atoms with Gasteiger partial charge in [0.1, 0.15) is 17.0 Å². The number of aromatic nitrogens is 3. The molecule has 0 aromatic carbocycles. The normalized spacial score (nSPS) is 20.8. The van der Waals surface area contributed by atoms with Gasteiger partial charge in [0.05, 0.1) is 5.39 Å². The van der Waals surface area contributed by atoms with Crippen molar-refractivity contribution in [2.24, 2.45) is 18.9 Å². The third kappa shape index (κ3) is 2.52. The first-order chi connectivity index (χ1) is 12.4. The number of hydrogen-bond acceptors (Lipinski definition) is 3. The van der Waals surface area contributed by atoms with Crippen molar-refractivity contribution in [2.45, 2.75) is 27.2 Å². The molecule has 1 amide bonds. The molecule has 1 saturated heterocycles. The number of fused-ring (bicyclic) bond motifs is 2. The second-order valence-corrected chi connectivity index (χ2v) is 7.78. The molecule has 0 radical (unpaired) electrons. The number of piperidine rings is 1. The number of hydrogen-bond donors (Lipinski definition) is 0. The van der Waals surface area contributed by atoms with Crippen LogP contribution in [0.3, 0.4) is 0 Å². The van der Waals surface area contributed by atoms with Crippen molar-refractivity contribution in [1.29, 1.82) is 0 Å². The zero-order valence-electron chi connectivity index (χ0n) is 15.7. The van der Waals surface area contributed by atoms with Crippen LogP contribution < -0.4 is 5.56 Å². The van der Waals surface area contributed by atoms with Crippen molar-refractivity contribution in [3.05, 3.63) is 46.0 Å². The molecule has 3 aromatic heterocycles. The smallest absolute Gasteiger partial charge is 0.270 e. The van der Waals surface area contributed by atoms with E-state index in [2.05, 4.69) is 18.8 Å². The van der Waals surface area contributed by atoms with Gasteiger partial charge in [-0.25, -0.2) is 4.98 Å². The summed E-state index contributed by atoms with van der Waals surface area (Å²) in [6.07, 6.45) is 2.87. The predicted octanol–water partition coefficient (Wildman–Crippen LogP) is 2.61. The van der Waals surface area contributed by atoms with E-state index in [9.17, 15) is 9.59 Å². The van der Waals surface area contributed by atoms with Gasteiger partial charge >= 0.3 is 0 Å². The standard InChI is InChI=1S/C20H24N4O2/c1-12-8-13(2)11-23(10-12)20(26)16-9-15-18(22(16)4)21-17-14(3)6-5-7-24(17)19(15)25/h5-7,9,12-13H,8,10-11H2,1-4H3/t12-,13-/m1/s1. The number of carbonyl (C=O) groups excluding carboxylic acids is 1. The minimum absolute atomic E-state index is 0.0194. The van der Waals surface area contributed by atoms with Crippen LogP contribution >= 0.6 is 0 Å². The number of pyridine rings is 1. The zero-order valence-corrected chi connectivity index (χ0v) is 15.7. The van der Waals surface area contributed by atoms with Crippen LogP contribution in [-0.4, -0.2) is 37.8 Å². The summed E-state index contributed by atoms with van der Waals surface area (Å²) in [5, 5.41) is 0.483. The summed E-state index contributed by atoms with van der Waals surface area (Å²) in [5.74, 6) is 0.965. The van der Waals surface area contributed by atoms with Crippen molar-refractivity contribution in [1.82, 2.24) is 18.9 Å². The molecule has 26 heavy (non-hydrogen) atoms. The molecule has 0 N–H and O–H groups in total. The first-order valence-corrected chi connectivity index (χ1v) is 9.13. The maximum atomic E-state index is 13.1. The van der Waals surface area contributed by atoms with Crippen LogP contribution in [0.25, 0.3) is 16.7 Å². The summed E-state index contributed by atoms with van der Waals surface area (Å²) in [4.78, 5) is 32.6. The van der Waals surface area contributed by atoms with E-state index in [1.165, 1.54) is 0 Å². The number of carbonyl (C=O) groups is 1. The van der Waals surface area contributed by atoms with Crippen LogP contribution in [0.1, 0.15) is 36.3 Å². The molecule has 0 saturated carbocycles. The lowest BCUT2D eigenvalue weighted by molar-refractivity contribution is 0.0614. The third-order valence-corrected chi connectivity index (χ3v) is 5.40.